The van der Waals surface area contributed by atoms with Gasteiger partial charge in [-0.25, -0.2) is 0 Å². The Morgan fingerprint density at radius 1 is 0.353 bits per heavy atom. The lowest BCUT2D eigenvalue weighted by atomic mass is 10.0. The van der Waals surface area contributed by atoms with Crippen molar-refractivity contribution in [3.05, 3.63) is 0 Å². The molecule has 6 nitrogen and oxygen atoms in total. The van der Waals surface area contributed by atoms with Crippen LogP contribution in [0, 0.1) is 0 Å². The molecule has 0 heterocycles. The summed E-state index contributed by atoms with van der Waals surface area (Å²) >= 11 is 10.7. The minimum atomic E-state index is 0.610. The summed E-state index contributed by atoms with van der Waals surface area (Å²) in [7, 11) is 0. The van der Waals surface area contributed by atoms with E-state index in [4.69, 9.17) is 24.4 Å². The molecule has 4 N–H and O–H groups in total. The molecular formula is C43H86N6S2. The summed E-state index contributed by atoms with van der Waals surface area (Å²) in [5.41, 5.74) is 5.86. The van der Waals surface area contributed by atoms with E-state index >= 15 is 0 Å². The highest BCUT2D eigenvalue weighted by Crippen LogP contribution is 2.15. The fourth-order valence-electron chi connectivity index (χ4n) is 6.47. The topological polar surface area (TPSA) is 72.8 Å². The zero-order valence-corrected chi connectivity index (χ0v) is 35.7. The molecule has 0 amide bonds. The lowest BCUT2D eigenvalue weighted by Gasteiger charge is -2.07. The minimum absolute atomic E-state index is 0.610. The number of rotatable bonds is 40. The summed E-state index contributed by atoms with van der Waals surface area (Å²) < 4.78 is 0. The number of thiocarbonyl (C=S) groups is 2. The van der Waals surface area contributed by atoms with Crippen molar-refractivity contribution in [1.82, 2.24) is 21.5 Å². The molecule has 0 radical (unpaired) electrons. The van der Waals surface area contributed by atoms with E-state index < -0.39 is 0 Å². The Kier molecular flexibility index (Phi) is 43.8. The van der Waals surface area contributed by atoms with E-state index in [0.29, 0.717) is 10.2 Å². The molecule has 0 aromatic carbocycles. The molecule has 0 aromatic rings. The van der Waals surface area contributed by atoms with Crippen LogP contribution in [0.25, 0.3) is 0 Å². The molecule has 0 aromatic heterocycles. The average molecular weight is 751 g/mol. The molecule has 0 unspecified atom stereocenters. The van der Waals surface area contributed by atoms with Gasteiger partial charge in [0.15, 0.2) is 10.2 Å². The number of unbranched alkanes of at least 4 members (excludes halogenated alkanes) is 32. The first kappa shape index (κ1) is 49.7. The highest BCUT2D eigenvalue weighted by molar-refractivity contribution is 7.80. The Balaban J connectivity index is 3.34. The molecule has 51 heavy (non-hydrogen) atoms. The Morgan fingerprint density at radius 3 is 0.843 bits per heavy atom. The molecule has 0 bridgehead atoms. The number of nitrogens with one attached hydrogen (secondary N) is 4. The molecule has 0 saturated heterocycles. The van der Waals surface area contributed by atoms with Crippen molar-refractivity contribution in [3.8, 4) is 0 Å². The monoisotopic (exact) mass is 751 g/mol. The van der Waals surface area contributed by atoms with Crippen molar-refractivity contribution in [3.63, 3.8) is 0 Å². The molecule has 0 aliphatic rings. The highest BCUT2D eigenvalue weighted by Gasteiger charge is 1.98. The van der Waals surface area contributed by atoms with Crippen molar-refractivity contribution in [2.24, 2.45) is 10.2 Å². The van der Waals surface area contributed by atoms with E-state index in [1.165, 1.54) is 193 Å². The maximum atomic E-state index is 5.33. The second-order valence-electron chi connectivity index (χ2n) is 14.9. The van der Waals surface area contributed by atoms with Gasteiger partial charge in [0.05, 0.1) is 0 Å². The molecule has 0 saturated carbocycles. The van der Waals surface area contributed by atoms with Crippen molar-refractivity contribution in [2.75, 3.05) is 13.1 Å². The van der Waals surface area contributed by atoms with Gasteiger partial charge in [-0.2, -0.15) is 10.2 Å². The molecule has 0 rings (SSSR count). The second kappa shape index (κ2) is 44.9. The molecule has 0 atom stereocenters. The van der Waals surface area contributed by atoms with Crippen LogP contribution in [0.5, 0.6) is 0 Å². The van der Waals surface area contributed by atoms with E-state index in [9.17, 15) is 0 Å². The molecule has 300 valence electrons. The number of nitrogens with zero attached hydrogens (tertiary/aromatic N) is 2. The first-order valence-corrected chi connectivity index (χ1v) is 23.1. The van der Waals surface area contributed by atoms with Crippen LogP contribution in [0.2, 0.25) is 0 Å². The van der Waals surface area contributed by atoms with Crippen LogP contribution < -0.4 is 21.5 Å². The van der Waals surface area contributed by atoms with E-state index in [2.05, 4.69) is 45.5 Å². The smallest absolute Gasteiger partial charge is 0.186 e. The molecule has 0 fully saturated rings. The van der Waals surface area contributed by atoms with Crippen LogP contribution in [0.4, 0.5) is 0 Å². The van der Waals surface area contributed by atoms with Gasteiger partial charge >= 0.3 is 0 Å². The van der Waals surface area contributed by atoms with E-state index in [-0.39, 0.29) is 0 Å². The third-order valence-electron chi connectivity index (χ3n) is 9.81. The Bertz CT molecular complexity index is 714. The Hall–Kier alpha value is -1.28. The minimum Gasteiger partial charge on any atom is -0.361 e. The molecule has 0 spiro atoms. The number of hydrazone groups is 2. The first-order chi connectivity index (χ1) is 25.2. The standard InChI is InChI=1S/C43H86N6S2/c1-3-5-7-9-11-13-15-17-19-21-23-25-27-29-31-34-38-44-42(50)48-46-40-36-33-37-41-47-49-43(51)45-39-35-32-30-28-26-24-22-20-18-16-14-12-10-8-6-4-2/h40-41H,3-39H2,1-2H3,(H2,44,48,50)(H2,45,49,51). The highest BCUT2D eigenvalue weighted by atomic mass is 32.1. The first-order valence-electron chi connectivity index (χ1n) is 22.3. The molecule has 8 heteroatoms. The number of hydrogen-bond acceptors (Lipinski definition) is 4. The maximum Gasteiger partial charge on any atom is 0.186 e. The van der Waals surface area contributed by atoms with Crippen LogP contribution in [0.1, 0.15) is 239 Å². The third kappa shape index (κ3) is 44.8. The summed E-state index contributed by atoms with van der Waals surface area (Å²) in [4.78, 5) is 0. The van der Waals surface area contributed by atoms with Crippen molar-refractivity contribution >= 4 is 47.1 Å². The second-order valence-corrected chi connectivity index (χ2v) is 15.7. The van der Waals surface area contributed by atoms with Crippen LogP contribution in [-0.4, -0.2) is 35.7 Å². The maximum absolute atomic E-state index is 5.33. The number of hydrogen-bond donors (Lipinski definition) is 4. The largest absolute Gasteiger partial charge is 0.361 e. The lowest BCUT2D eigenvalue weighted by Crippen LogP contribution is -2.32. The predicted octanol–water partition coefficient (Wildman–Crippen LogP) is 13.6. The normalized spacial score (nSPS) is 11.5. The fraction of sp³-hybridized carbons (Fsp3) is 0.907. The fourth-order valence-corrected chi connectivity index (χ4v) is 6.78. The van der Waals surface area contributed by atoms with E-state index in [1.807, 2.05) is 12.4 Å². The van der Waals surface area contributed by atoms with Crippen LogP contribution in [-0.2, 0) is 0 Å². The van der Waals surface area contributed by atoms with Gasteiger partial charge in [0.2, 0.25) is 0 Å². The summed E-state index contributed by atoms with van der Waals surface area (Å²) in [5.74, 6) is 0. The lowest BCUT2D eigenvalue weighted by molar-refractivity contribution is 0.529. The van der Waals surface area contributed by atoms with Crippen molar-refractivity contribution in [1.29, 1.82) is 0 Å². The van der Waals surface area contributed by atoms with Gasteiger partial charge in [-0.3, -0.25) is 10.9 Å². The van der Waals surface area contributed by atoms with Crippen LogP contribution in [0.3, 0.4) is 0 Å². The van der Waals surface area contributed by atoms with Crippen molar-refractivity contribution in [2.45, 2.75) is 239 Å². The van der Waals surface area contributed by atoms with Gasteiger partial charge in [0.25, 0.3) is 0 Å². The van der Waals surface area contributed by atoms with Gasteiger partial charge in [-0.05, 0) is 56.5 Å². The average Bonchev–Trinajstić information content (AvgIpc) is 3.13. The van der Waals surface area contributed by atoms with Crippen LogP contribution >= 0.6 is 24.4 Å². The van der Waals surface area contributed by atoms with Gasteiger partial charge in [-0.15, -0.1) is 0 Å². The van der Waals surface area contributed by atoms with Crippen LogP contribution in [0.15, 0.2) is 10.2 Å². The van der Waals surface area contributed by atoms with E-state index in [0.717, 1.165) is 45.2 Å². The zero-order chi connectivity index (χ0) is 37.0. The quantitative estimate of drug-likeness (QED) is 0.0216. The summed E-state index contributed by atoms with van der Waals surface area (Å²) in [6, 6.07) is 0. The van der Waals surface area contributed by atoms with Crippen molar-refractivity contribution < 1.29 is 0 Å². The van der Waals surface area contributed by atoms with Gasteiger partial charge in [0.1, 0.15) is 0 Å². The van der Waals surface area contributed by atoms with Gasteiger partial charge < -0.3 is 10.6 Å². The van der Waals surface area contributed by atoms with E-state index in [1.54, 1.807) is 0 Å². The molecule has 0 aliphatic heterocycles. The Morgan fingerprint density at radius 2 is 0.588 bits per heavy atom. The molecular weight excluding hydrogens is 665 g/mol. The Labute approximate surface area is 329 Å². The molecule has 0 aliphatic carbocycles. The third-order valence-corrected chi connectivity index (χ3v) is 10.3. The zero-order valence-electron chi connectivity index (χ0n) is 34.0. The predicted molar refractivity (Wildman–Crippen MR) is 237 cm³/mol. The van der Waals surface area contributed by atoms with Gasteiger partial charge in [-0.1, -0.05) is 206 Å². The SMILES string of the molecule is CCCCCCCCCCCCCCCCCCNC(=S)NN=CCCCC=NNC(=S)NCCCCCCCCCCCCCCCCCC. The van der Waals surface area contributed by atoms with Gasteiger partial charge in [0, 0.05) is 25.5 Å². The summed E-state index contributed by atoms with van der Waals surface area (Å²) in [6.45, 7) is 6.42. The summed E-state index contributed by atoms with van der Waals surface area (Å²) in [5, 5.41) is 16.2. The summed E-state index contributed by atoms with van der Waals surface area (Å²) in [6.07, 6.45) is 51.0.